The maximum atomic E-state index is 12.8. The second-order valence-electron chi connectivity index (χ2n) is 6.30. The van der Waals surface area contributed by atoms with Gasteiger partial charge in [0.2, 0.25) is 5.91 Å². The van der Waals surface area contributed by atoms with Crippen molar-refractivity contribution in [1.82, 2.24) is 4.98 Å². The van der Waals surface area contributed by atoms with Gasteiger partial charge in [0.15, 0.2) is 5.13 Å². The summed E-state index contributed by atoms with van der Waals surface area (Å²) in [6, 6.07) is 14.2. The molecule has 3 nitrogen and oxygen atoms in total. The van der Waals surface area contributed by atoms with Crippen LogP contribution in [0.3, 0.4) is 0 Å². The van der Waals surface area contributed by atoms with Crippen LogP contribution < -0.4 is 5.32 Å². The second kappa shape index (κ2) is 5.17. The average Bonchev–Trinajstić information content (AvgIpc) is 3.27. The molecule has 1 amide bonds. The number of hydrogen-bond donors (Lipinski definition) is 1. The standard InChI is InChI=1S/C19H18N2OS/c1-12-8-9-13(2)16-15(12)20-18(23-16)21-17(22)19(10-11-19)14-6-4-3-5-7-14/h3-9H,10-11H2,1-2H3,(H,20,21,22). The zero-order chi connectivity index (χ0) is 16.0. The molecule has 0 atom stereocenters. The molecule has 1 N–H and O–H groups in total. The fraction of sp³-hybridized carbons (Fsp3) is 0.263. The predicted octanol–water partition coefficient (Wildman–Crippen LogP) is 4.58. The summed E-state index contributed by atoms with van der Waals surface area (Å²) in [4.78, 5) is 17.4. The molecule has 3 aromatic rings. The van der Waals surface area contributed by atoms with Crippen molar-refractivity contribution < 1.29 is 4.79 Å². The van der Waals surface area contributed by atoms with Crippen LogP contribution in [0.15, 0.2) is 42.5 Å². The van der Waals surface area contributed by atoms with E-state index in [-0.39, 0.29) is 11.3 Å². The Hall–Kier alpha value is -2.20. The number of aryl methyl sites for hydroxylation is 2. The van der Waals surface area contributed by atoms with Gasteiger partial charge in [0.1, 0.15) is 0 Å². The van der Waals surface area contributed by atoms with Crippen LogP contribution in [0.2, 0.25) is 0 Å². The number of hydrogen-bond acceptors (Lipinski definition) is 3. The van der Waals surface area contributed by atoms with Crippen LogP contribution in [-0.2, 0) is 10.2 Å². The van der Waals surface area contributed by atoms with Gasteiger partial charge in [0, 0.05) is 0 Å². The molecule has 0 radical (unpaired) electrons. The number of nitrogens with one attached hydrogen (secondary N) is 1. The summed E-state index contributed by atoms with van der Waals surface area (Å²) in [5.41, 5.74) is 4.09. The van der Waals surface area contributed by atoms with Crippen molar-refractivity contribution in [1.29, 1.82) is 0 Å². The quantitative estimate of drug-likeness (QED) is 0.766. The van der Waals surface area contributed by atoms with E-state index < -0.39 is 0 Å². The average molecular weight is 322 g/mol. The molecular formula is C19H18N2OS. The predicted molar refractivity (Wildman–Crippen MR) is 95.1 cm³/mol. The van der Waals surface area contributed by atoms with Crippen LogP contribution in [0.4, 0.5) is 5.13 Å². The first kappa shape index (κ1) is 14.4. The Balaban J connectivity index is 1.65. The molecule has 116 valence electrons. The van der Waals surface area contributed by atoms with Gasteiger partial charge in [-0.3, -0.25) is 4.79 Å². The smallest absolute Gasteiger partial charge is 0.236 e. The highest BCUT2D eigenvalue weighted by molar-refractivity contribution is 7.22. The minimum atomic E-state index is -0.358. The highest BCUT2D eigenvalue weighted by Gasteiger charge is 2.51. The molecule has 1 fully saturated rings. The summed E-state index contributed by atoms with van der Waals surface area (Å²) in [6.07, 6.45) is 1.82. The number of carbonyl (C=O) groups excluding carboxylic acids is 1. The minimum absolute atomic E-state index is 0.0677. The van der Waals surface area contributed by atoms with Crippen molar-refractivity contribution in [3.63, 3.8) is 0 Å². The maximum absolute atomic E-state index is 12.8. The number of nitrogens with zero attached hydrogens (tertiary/aromatic N) is 1. The summed E-state index contributed by atoms with van der Waals surface area (Å²) in [5.74, 6) is 0.0677. The van der Waals surface area contributed by atoms with Gasteiger partial charge >= 0.3 is 0 Å². The van der Waals surface area contributed by atoms with Crippen LogP contribution in [0, 0.1) is 13.8 Å². The van der Waals surface area contributed by atoms with Crippen molar-refractivity contribution in [3.8, 4) is 0 Å². The molecule has 1 aliphatic carbocycles. The van der Waals surface area contributed by atoms with Crippen molar-refractivity contribution in [2.75, 3.05) is 5.32 Å². The Morgan fingerprint density at radius 3 is 2.43 bits per heavy atom. The van der Waals surface area contributed by atoms with Gasteiger partial charge < -0.3 is 5.32 Å². The van der Waals surface area contributed by atoms with E-state index in [4.69, 9.17) is 0 Å². The summed E-state index contributed by atoms with van der Waals surface area (Å²) in [6.45, 7) is 4.14. The Kier molecular flexibility index (Phi) is 3.23. The van der Waals surface area contributed by atoms with Crippen LogP contribution in [0.25, 0.3) is 10.2 Å². The molecule has 1 heterocycles. The molecule has 4 heteroatoms. The number of thiazole rings is 1. The molecule has 0 saturated heterocycles. The molecule has 0 aliphatic heterocycles. The normalized spacial score (nSPS) is 15.6. The second-order valence-corrected chi connectivity index (χ2v) is 7.30. The van der Waals surface area contributed by atoms with E-state index in [0.717, 1.165) is 34.2 Å². The van der Waals surface area contributed by atoms with E-state index in [9.17, 15) is 4.79 Å². The van der Waals surface area contributed by atoms with Gasteiger partial charge in [0.25, 0.3) is 0 Å². The number of aromatic nitrogens is 1. The first-order valence-corrected chi connectivity index (χ1v) is 8.65. The zero-order valence-corrected chi connectivity index (χ0v) is 14.0. The number of amides is 1. The van der Waals surface area contributed by atoms with Gasteiger partial charge in [-0.1, -0.05) is 53.8 Å². The maximum Gasteiger partial charge on any atom is 0.236 e. The molecular weight excluding hydrogens is 304 g/mol. The number of benzene rings is 2. The van der Waals surface area contributed by atoms with Crippen molar-refractivity contribution in [2.24, 2.45) is 0 Å². The Morgan fingerprint density at radius 2 is 1.78 bits per heavy atom. The summed E-state index contributed by atoms with van der Waals surface area (Å²) < 4.78 is 1.16. The third kappa shape index (κ3) is 2.34. The third-order valence-corrected chi connectivity index (χ3v) is 5.78. The van der Waals surface area contributed by atoms with Crippen molar-refractivity contribution in [3.05, 3.63) is 59.2 Å². The topological polar surface area (TPSA) is 42.0 Å². The molecule has 1 saturated carbocycles. The molecule has 1 aliphatic rings. The first-order chi connectivity index (χ1) is 11.1. The molecule has 4 rings (SSSR count). The van der Waals surface area contributed by atoms with E-state index in [0.29, 0.717) is 5.13 Å². The zero-order valence-electron chi connectivity index (χ0n) is 13.2. The highest BCUT2D eigenvalue weighted by atomic mass is 32.1. The molecule has 1 aromatic heterocycles. The van der Waals surface area contributed by atoms with Crippen LogP contribution in [0.5, 0.6) is 0 Å². The van der Waals surface area contributed by atoms with E-state index in [2.05, 4.69) is 36.3 Å². The number of fused-ring (bicyclic) bond motifs is 1. The van der Waals surface area contributed by atoms with Gasteiger partial charge in [-0.15, -0.1) is 0 Å². The van der Waals surface area contributed by atoms with Crippen LogP contribution >= 0.6 is 11.3 Å². The summed E-state index contributed by atoms with van der Waals surface area (Å²) >= 11 is 1.56. The van der Waals surface area contributed by atoms with E-state index >= 15 is 0 Å². The monoisotopic (exact) mass is 322 g/mol. The lowest BCUT2D eigenvalue weighted by Gasteiger charge is -2.14. The van der Waals surface area contributed by atoms with E-state index in [1.165, 1.54) is 5.56 Å². The molecule has 2 aromatic carbocycles. The lowest BCUT2D eigenvalue weighted by Crippen LogP contribution is -2.27. The number of rotatable bonds is 3. The fourth-order valence-corrected chi connectivity index (χ4v) is 4.06. The largest absolute Gasteiger partial charge is 0.301 e. The Morgan fingerprint density at radius 1 is 1.09 bits per heavy atom. The SMILES string of the molecule is Cc1ccc(C)c2sc(NC(=O)C3(c4ccccc4)CC3)nc12. The minimum Gasteiger partial charge on any atom is -0.301 e. The lowest BCUT2D eigenvalue weighted by molar-refractivity contribution is -0.118. The highest BCUT2D eigenvalue weighted by Crippen LogP contribution is 2.49. The summed E-state index contributed by atoms with van der Waals surface area (Å²) in [7, 11) is 0. The van der Waals surface area contributed by atoms with Crippen molar-refractivity contribution >= 4 is 32.6 Å². The third-order valence-electron chi connectivity index (χ3n) is 4.67. The van der Waals surface area contributed by atoms with E-state index in [1.54, 1.807) is 11.3 Å². The number of anilines is 1. The Labute approximate surface area is 139 Å². The molecule has 0 spiro atoms. The molecule has 0 unspecified atom stereocenters. The van der Waals surface area contributed by atoms with Gasteiger partial charge in [-0.25, -0.2) is 4.98 Å². The van der Waals surface area contributed by atoms with Crippen LogP contribution in [0.1, 0.15) is 29.5 Å². The van der Waals surface area contributed by atoms with Crippen LogP contribution in [-0.4, -0.2) is 10.9 Å². The fourth-order valence-electron chi connectivity index (χ4n) is 3.06. The Bertz CT molecular complexity index is 855. The lowest BCUT2D eigenvalue weighted by atomic mass is 9.95. The van der Waals surface area contributed by atoms with Crippen molar-refractivity contribution in [2.45, 2.75) is 32.1 Å². The van der Waals surface area contributed by atoms with Gasteiger partial charge in [0.05, 0.1) is 15.6 Å². The molecule has 0 bridgehead atoms. The summed E-state index contributed by atoms with van der Waals surface area (Å²) in [5, 5.41) is 3.75. The first-order valence-electron chi connectivity index (χ1n) is 7.84. The van der Waals surface area contributed by atoms with Gasteiger partial charge in [-0.2, -0.15) is 0 Å². The molecule has 23 heavy (non-hydrogen) atoms. The van der Waals surface area contributed by atoms with E-state index in [1.807, 2.05) is 30.3 Å². The number of carbonyl (C=O) groups is 1. The van der Waals surface area contributed by atoms with Gasteiger partial charge in [-0.05, 0) is 43.4 Å².